The van der Waals surface area contributed by atoms with Crippen LogP contribution in [-0.4, -0.2) is 4.89 Å². The van der Waals surface area contributed by atoms with Crippen LogP contribution in [0.2, 0.25) is 0 Å². The zero-order valence-electron chi connectivity index (χ0n) is 8.48. The maximum atomic E-state index is 10.1. The van der Waals surface area contributed by atoms with Gasteiger partial charge in [0, 0.05) is 10.6 Å². The molecule has 0 atom stereocenters. The first-order valence-corrected chi connectivity index (χ1v) is 5.76. The van der Waals surface area contributed by atoms with Crippen molar-refractivity contribution in [3.8, 4) is 0 Å². The van der Waals surface area contributed by atoms with Gasteiger partial charge in [-0.15, -0.1) is 34.0 Å². The van der Waals surface area contributed by atoms with Crippen molar-refractivity contribution in [1.82, 2.24) is 0 Å². The summed E-state index contributed by atoms with van der Waals surface area (Å²) in [7, 11) is -1.17. The largest absolute Gasteiger partial charge is 0.364 e. The zero-order valence-corrected chi connectivity index (χ0v) is 12.8. The topological polar surface area (TPSA) is 20.2 Å². The van der Waals surface area contributed by atoms with Crippen molar-refractivity contribution >= 4 is 52.7 Å². The van der Waals surface area contributed by atoms with Gasteiger partial charge in [-0.25, -0.2) is 0 Å². The van der Waals surface area contributed by atoms with Crippen LogP contribution in [-0.2, 0) is 0 Å². The highest BCUT2D eigenvalue weighted by molar-refractivity contribution is 8.93. The second-order valence-corrected chi connectivity index (χ2v) is 4.64. The van der Waals surface area contributed by atoms with Crippen LogP contribution in [0.5, 0.6) is 0 Å². The Balaban J connectivity index is 0.00000112. The summed E-state index contributed by atoms with van der Waals surface area (Å²) in [6.07, 6.45) is 0. The van der Waals surface area contributed by atoms with E-state index in [4.69, 9.17) is 0 Å². The highest BCUT2D eigenvalue weighted by Crippen LogP contribution is 2.26. The summed E-state index contributed by atoms with van der Waals surface area (Å²) >= 11 is 0. The third-order valence-corrected chi connectivity index (χ3v) is 3.58. The molecule has 0 aromatic heterocycles. The summed E-state index contributed by atoms with van der Waals surface area (Å²) in [4.78, 5) is 10.1. The van der Waals surface area contributed by atoms with Crippen molar-refractivity contribution in [3.05, 3.63) is 60.7 Å². The predicted molar refractivity (Wildman–Crippen MR) is 81.9 cm³/mol. The van der Waals surface area contributed by atoms with Crippen LogP contribution < -0.4 is 10.6 Å². The minimum atomic E-state index is -1.17. The maximum Gasteiger partial charge on any atom is 0.0877 e. The van der Waals surface area contributed by atoms with E-state index >= 15 is 0 Å². The van der Waals surface area contributed by atoms with Crippen molar-refractivity contribution in [2.75, 3.05) is 0 Å². The molecule has 1 N–H and O–H groups in total. The van der Waals surface area contributed by atoms with Crippen LogP contribution in [0.25, 0.3) is 0 Å². The van der Waals surface area contributed by atoms with Crippen LogP contribution >= 0.6 is 42.1 Å². The lowest BCUT2D eigenvalue weighted by molar-refractivity contribution is 0.644. The Morgan fingerprint density at radius 2 is 0.938 bits per heavy atom. The molecule has 4 heteroatoms. The molecule has 0 aliphatic rings. The molecule has 0 saturated carbocycles. The molecular weight excluding hydrogens is 351 g/mol. The van der Waals surface area contributed by atoms with Crippen LogP contribution in [0, 0.1) is 0 Å². The number of hydrogen-bond acceptors (Lipinski definition) is 1. The lowest BCUT2D eigenvalue weighted by Gasteiger charge is -2.09. The normalized spacial score (nSPS) is 9.12. The summed E-state index contributed by atoms with van der Waals surface area (Å²) in [5, 5.41) is 1.99. The minimum Gasteiger partial charge on any atom is -0.364 e. The highest BCUT2D eigenvalue weighted by atomic mass is 79.9. The van der Waals surface area contributed by atoms with Gasteiger partial charge < -0.3 is 4.89 Å². The van der Waals surface area contributed by atoms with Gasteiger partial charge in [-0.2, -0.15) is 0 Å². The SMILES string of the molecule is Br.Br.OP(c1ccccc1)c1ccccc1. The van der Waals surface area contributed by atoms with Crippen molar-refractivity contribution in [1.29, 1.82) is 0 Å². The van der Waals surface area contributed by atoms with Crippen LogP contribution in [0.3, 0.4) is 0 Å². The fourth-order valence-electron chi connectivity index (χ4n) is 1.29. The van der Waals surface area contributed by atoms with E-state index in [9.17, 15) is 4.89 Å². The lowest BCUT2D eigenvalue weighted by atomic mass is 10.4. The van der Waals surface area contributed by atoms with E-state index in [-0.39, 0.29) is 34.0 Å². The molecule has 0 saturated heterocycles. The molecule has 0 aliphatic carbocycles. The van der Waals surface area contributed by atoms with Gasteiger partial charge in [0.2, 0.25) is 0 Å². The minimum absolute atomic E-state index is 0. The summed E-state index contributed by atoms with van der Waals surface area (Å²) in [6, 6.07) is 19.5. The Hall–Kier alpha value is -0.210. The lowest BCUT2D eigenvalue weighted by Crippen LogP contribution is -2.09. The average Bonchev–Trinajstić information content (AvgIpc) is 2.30. The second-order valence-electron chi connectivity index (χ2n) is 2.98. The van der Waals surface area contributed by atoms with Crippen LogP contribution in [0.4, 0.5) is 0 Å². The summed E-state index contributed by atoms with van der Waals surface area (Å²) in [5.41, 5.74) is 0. The number of benzene rings is 2. The quantitative estimate of drug-likeness (QED) is 0.812. The summed E-state index contributed by atoms with van der Waals surface area (Å²) in [6.45, 7) is 0. The smallest absolute Gasteiger partial charge is 0.0877 e. The fraction of sp³-hybridized carbons (Fsp3) is 0. The predicted octanol–water partition coefficient (Wildman–Crippen LogP) is 3.18. The van der Waals surface area contributed by atoms with Gasteiger partial charge in [0.15, 0.2) is 0 Å². The first kappa shape index (κ1) is 15.8. The molecule has 1 nitrogen and oxygen atoms in total. The molecule has 2 aromatic rings. The van der Waals surface area contributed by atoms with Crippen molar-refractivity contribution < 1.29 is 4.89 Å². The van der Waals surface area contributed by atoms with E-state index in [0.717, 1.165) is 10.6 Å². The third-order valence-electron chi connectivity index (χ3n) is 2.00. The van der Waals surface area contributed by atoms with Crippen molar-refractivity contribution in [2.24, 2.45) is 0 Å². The third kappa shape index (κ3) is 3.99. The van der Waals surface area contributed by atoms with Gasteiger partial charge in [-0.1, -0.05) is 60.7 Å². The number of rotatable bonds is 2. The monoisotopic (exact) mass is 362 g/mol. The van der Waals surface area contributed by atoms with Crippen molar-refractivity contribution in [2.45, 2.75) is 0 Å². The molecule has 0 aliphatic heterocycles. The Kier molecular flexibility index (Phi) is 7.86. The van der Waals surface area contributed by atoms with Gasteiger partial charge in [-0.3, -0.25) is 0 Å². The molecule has 0 bridgehead atoms. The molecular formula is C12H13Br2OP. The Morgan fingerprint density at radius 3 is 1.25 bits per heavy atom. The van der Waals surface area contributed by atoms with Crippen molar-refractivity contribution in [3.63, 3.8) is 0 Å². The zero-order chi connectivity index (χ0) is 9.80. The molecule has 0 unspecified atom stereocenters. The molecule has 0 spiro atoms. The first-order chi connectivity index (χ1) is 6.88. The molecule has 2 rings (SSSR count). The Bertz CT molecular complexity index is 355. The molecule has 0 heterocycles. The van der Waals surface area contributed by atoms with Gasteiger partial charge in [-0.05, 0) is 0 Å². The maximum absolute atomic E-state index is 10.1. The summed E-state index contributed by atoms with van der Waals surface area (Å²) < 4.78 is 0. The van der Waals surface area contributed by atoms with Gasteiger partial charge in [0.05, 0.1) is 8.15 Å². The molecule has 0 amide bonds. The van der Waals surface area contributed by atoms with Crippen LogP contribution in [0.15, 0.2) is 60.7 Å². The molecule has 0 fully saturated rings. The molecule has 16 heavy (non-hydrogen) atoms. The first-order valence-electron chi connectivity index (χ1n) is 4.47. The van der Waals surface area contributed by atoms with Gasteiger partial charge in [0.1, 0.15) is 0 Å². The van der Waals surface area contributed by atoms with Crippen LogP contribution in [0.1, 0.15) is 0 Å². The Morgan fingerprint density at radius 1 is 0.625 bits per heavy atom. The van der Waals surface area contributed by atoms with E-state index in [0.29, 0.717) is 0 Å². The van der Waals surface area contributed by atoms with E-state index < -0.39 is 8.15 Å². The van der Waals surface area contributed by atoms with E-state index in [1.54, 1.807) is 0 Å². The average molecular weight is 364 g/mol. The number of halogens is 2. The van der Waals surface area contributed by atoms with Gasteiger partial charge >= 0.3 is 0 Å². The van der Waals surface area contributed by atoms with E-state index in [1.807, 2.05) is 60.7 Å². The van der Waals surface area contributed by atoms with E-state index in [2.05, 4.69) is 0 Å². The standard InChI is InChI=1S/C12H11OP.2BrH/c13-14(11-7-3-1-4-8-11)12-9-5-2-6-10-12;;/h1-10,13H;2*1H. The highest BCUT2D eigenvalue weighted by Gasteiger charge is 2.08. The molecule has 2 aromatic carbocycles. The summed E-state index contributed by atoms with van der Waals surface area (Å²) in [5.74, 6) is 0. The molecule has 86 valence electrons. The number of hydrogen-bond donors (Lipinski definition) is 1. The molecule has 0 radical (unpaired) electrons. The van der Waals surface area contributed by atoms with E-state index in [1.165, 1.54) is 0 Å². The Labute approximate surface area is 118 Å². The second kappa shape index (κ2) is 7.97. The van der Waals surface area contributed by atoms with Gasteiger partial charge in [0.25, 0.3) is 0 Å². The fourth-order valence-corrected chi connectivity index (χ4v) is 2.49.